The number of nitrogens with one attached hydrogen (secondary N) is 1. The van der Waals surface area contributed by atoms with E-state index in [1.165, 1.54) is 50.5 Å². The summed E-state index contributed by atoms with van der Waals surface area (Å²) in [5.41, 5.74) is 0.197. The quantitative estimate of drug-likeness (QED) is 0.535. The van der Waals surface area contributed by atoms with Gasteiger partial charge in [-0.3, -0.25) is 14.5 Å². The van der Waals surface area contributed by atoms with Gasteiger partial charge in [-0.15, -0.1) is 13.2 Å². The smallest absolute Gasteiger partial charge is 0.484 e. The lowest BCUT2D eigenvalue weighted by molar-refractivity contribution is -0.274. The summed E-state index contributed by atoms with van der Waals surface area (Å²) in [6, 6.07) is 4.69. The van der Waals surface area contributed by atoms with Crippen LogP contribution in [0.15, 0.2) is 34.9 Å². The third-order valence-electron chi connectivity index (χ3n) is 6.54. The number of hydrogen-bond acceptors (Lipinski definition) is 7. The van der Waals surface area contributed by atoms with Gasteiger partial charge in [-0.1, -0.05) is 19.3 Å². The number of carbonyl (C=O) groups is 2. The van der Waals surface area contributed by atoms with Crippen LogP contribution < -0.4 is 14.8 Å². The van der Waals surface area contributed by atoms with Gasteiger partial charge < -0.3 is 24.1 Å². The highest BCUT2D eigenvalue weighted by molar-refractivity contribution is 5.92. The molecule has 1 saturated carbocycles. The molecule has 2 aromatic rings. The fourth-order valence-electron chi connectivity index (χ4n) is 4.63. The zero-order valence-corrected chi connectivity index (χ0v) is 20.5. The van der Waals surface area contributed by atoms with Crippen LogP contribution in [0, 0.1) is 5.92 Å². The highest BCUT2D eigenvalue weighted by Crippen LogP contribution is 2.26. The van der Waals surface area contributed by atoms with Gasteiger partial charge in [0.25, 0.3) is 11.8 Å². The number of rotatable bonds is 9. The number of hydrogen-bond donors (Lipinski definition) is 1. The van der Waals surface area contributed by atoms with Crippen molar-refractivity contribution in [1.29, 1.82) is 0 Å². The van der Waals surface area contributed by atoms with E-state index in [4.69, 9.17) is 9.15 Å². The van der Waals surface area contributed by atoms with Crippen molar-refractivity contribution in [2.75, 3.05) is 39.3 Å². The number of alkyl halides is 3. The van der Waals surface area contributed by atoms with E-state index in [9.17, 15) is 22.8 Å². The summed E-state index contributed by atoms with van der Waals surface area (Å²) in [5, 5.41) is 2.56. The van der Waals surface area contributed by atoms with Gasteiger partial charge in [0.1, 0.15) is 17.8 Å². The van der Waals surface area contributed by atoms with Crippen LogP contribution >= 0.6 is 0 Å². The lowest BCUT2D eigenvalue weighted by Gasteiger charge is -2.37. The van der Waals surface area contributed by atoms with Crippen LogP contribution in [-0.2, 0) is 11.3 Å². The highest BCUT2D eigenvalue weighted by atomic mass is 19.4. The predicted octanol–water partition coefficient (Wildman–Crippen LogP) is 3.61. The maximum Gasteiger partial charge on any atom is 0.573 e. The van der Waals surface area contributed by atoms with Crippen LogP contribution in [0.2, 0.25) is 0 Å². The average Bonchev–Trinajstić information content (AvgIpc) is 3.36. The van der Waals surface area contributed by atoms with Crippen molar-refractivity contribution in [2.45, 2.75) is 45.0 Å². The fraction of sp³-hybridized carbons (Fsp3) is 0.560. The van der Waals surface area contributed by atoms with Gasteiger partial charge in [-0.05, 0) is 43.0 Å². The number of amides is 2. The summed E-state index contributed by atoms with van der Waals surface area (Å²) in [5.74, 6) is 0.0810. The van der Waals surface area contributed by atoms with Crippen molar-refractivity contribution in [3.8, 4) is 11.5 Å². The Kier molecular flexibility index (Phi) is 8.91. The normalized spacial score (nSPS) is 17.4. The summed E-state index contributed by atoms with van der Waals surface area (Å²) in [4.78, 5) is 33.3. The number of oxazole rings is 1. The molecule has 1 aliphatic heterocycles. The molecule has 37 heavy (non-hydrogen) atoms. The molecule has 1 aromatic heterocycles. The Morgan fingerprint density at radius 3 is 2.38 bits per heavy atom. The molecule has 0 spiro atoms. The standard InChI is InChI=1S/C25H31F3N4O5/c26-25(27,28)37-20-8-6-19(7-9-20)35-17-22(33)29-14-23-30-21(16-36-23)24(34)32-12-10-31(11-13-32)15-18-4-2-1-3-5-18/h6-9,16,18H,1-5,10-15,17H2,(H,29,33). The zero-order chi connectivity index (χ0) is 26.3. The van der Waals surface area contributed by atoms with Gasteiger partial charge in [-0.25, -0.2) is 4.98 Å². The van der Waals surface area contributed by atoms with Crippen molar-refractivity contribution in [1.82, 2.24) is 20.1 Å². The molecule has 0 bridgehead atoms. The van der Waals surface area contributed by atoms with Crippen molar-refractivity contribution in [2.24, 2.45) is 5.92 Å². The molecule has 0 atom stereocenters. The van der Waals surface area contributed by atoms with E-state index in [-0.39, 0.29) is 42.1 Å². The molecule has 1 aliphatic carbocycles. The molecule has 2 amide bonds. The summed E-state index contributed by atoms with van der Waals surface area (Å²) in [6.45, 7) is 3.69. The maximum atomic E-state index is 12.8. The van der Waals surface area contributed by atoms with Gasteiger partial charge in [0, 0.05) is 32.7 Å². The first-order valence-electron chi connectivity index (χ1n) is 12.5. The Morgan fingerprint density at radius 1 is 1.03 bits per heavy atom. The van der Waals surface area contributed by atoms with Crippen LogP contribution in [0.3, 0.4) is 0 Å². The van der Waals surface area contributed by atoms with Crippen molar-refractivity contribution in [3.63, 3.8) is 0 Å². The first kappa shape index (κ1) is 26.8. The van der Waals surface area contributed by atoms with Crippen LogP contribution in [0.1, 0.15) is 48.5 Å². The molecule has 1 aromatic carbocycles. The third-order valence-corrected chi connectivity index (χ3v) is 6.54. The van der Waals surface area contributed by atoms with Gasteiger partial charge >= 0.3 is 6.36 Å². The molecule has 4 rings (SSSR count). The van der Waals surface area contributed by atoms with E-state index in [0.29, 0.717) is 13.1 Å². The minimum absolute atomic E-state index is 0.0387. The number of piperazine rings is 1. The number of carbonyl (C=O) groups excluding carboxylic acids is 2. The predicted molar refractivity (Wildman–Crippen MR) is 126 cm³/mol. The van der Waals surface area contributed by atoms with E-state index in [0.717, 1.165) is 37.7 Å². The highest BCUT2D eigenvalue weighted by Gasteiger charge is 2.31. The molecule has 12 heteroatoms. The minimum atomic E-state index is -4.78. The summed E-state index contributed by atoms with van der Waals surface area (Å²) >= 11 is 0. The Labute approximate surface area is 212 Å². The van der Waals surface area contributed by atoms with Crippen LogP contribution in [0.4, 0.5) is 13.2 Å². The topological polar surface area (TPSA) is 97.1 Å². The lowest BCUT2D eigenvalue weighted by Crippen LogP contribution is -2.50. The molecule has 202 valence electrons. The second kappa shape index (κ2) is 12.3. The zero-order valence-electron chi connectivity index (χ0n) is 20.5. The van der Waals surface area contributed by atoms with Crippen molar-refractivity contribution in [3.05, 3.63) is 42.1 Å². The molecule has 2 fully saturated rings. The van der Waals surface area contributed by atoms with Crippen LogP contribution in [0.25, 0.3) is 0 Å². The van der Waals surface area contributed by atoms with Gasteiger partial charge in [0.05, 0.1) is 6.54 Å². The Hall–Kier alpha value is -3.28. The van der Waals surface area contributed by atoms with Crippen LogP contribution in [0.5, 0.6) is 11.5 Å². The lowest BCUT2D eigenvalue weighted by atomic mass is 9.89. The Bertz CT molecular complexity index is 1030. The monoisotopic (exact) mass is 524 g/mol. The number of halogens is 3. The molecular formula is C25H31F3N4O5. The second-order valence-corrected chi connectivity index (χ2v) is 9.31. The van der Waals surface area contributed by atoms with Gasteiger partial charge in [0.15, 0.2) is 12.3 Å². The van der Waals surface area contributed by atoms with E-state index in [1.807, 2.05) is 0 Å². The van der Waals surface area contributed by atoms with Crippen molar-refractivity contribution < 1.29 is 36.7 Å². The largest absolute Gasteiger partial charge is 0.573 e. The molecule has 2 aliphatic rings. The van der Waals surface area contributed by atoms with E-state index >= 15 is 0 Å². The summed E-state index contributed by atoms with van der Waals surface area (Å²) in [7, 11) is 0. The molecule has 2 heterocycles. The summed E-state index contributed by atoms with van der Waals surface area (Å²) in [6.07, 6.45) is 3.10. The second-order valence-electron chi connectivity index (χ2n) is 9.31. The van der Waals surface area contributed by atoms with E-state index in [2.05, 4.69) is 19.9 Å². The molecule has 1 saturated heterocycles. The maximum absolute atomic E-state index is 12.8. The third kappa shape index (κ3) is 8.38. The SMILES string of the molecule is O=C(COc1ccc(OC(F)(F)F)cc1)NCc1nc(C(=O)N2CCN(CC3CCCCC3)CC2)co1. The molecule has 0 radical (unpaired) electrons. The first-order valence-corrected chi connectivity index (χ1v) is 12.5. The van der Waals surface area contributed by atoms with Gasteiger partial charge in [-0.2, -0.15) is 0 Å². The molecule has 1 N–H and O–H groups in total. The van der Waals surface area contributed by atoms with E-state index in [1.54, 1.807) is 4.90 Å². The molecule has 0 unspecified atom stereocenters. The summed E-state index contributed by atoms with van der Waals surface area (Å²) < 4.78 is 51.0. The number of ether oxygens (including phenoxy) is 2. The van der Waals surface area contributed by atoms with Crippen LogP contribution in [-0.4, -0.2) is 72.3 Å². The minimum Gasteiger partial charge on any atom is -0.484 e. The Morgan fingerprint density at radius 2 is 1.70 bits per heavy atom. The van der Waals surface area contributed by atoms with Gasteiger partial charge in [0.2, 0.25) is 5.89 Å². The number of benzene rings is 1. The van der Waals surface area contributed by atoms with E-state index < -0.39 is 12.3 Å². The van der Waals surface area contributed by atoms with Crippen molar-refractivity contribution >= 4 is 11.8 Å². The average molecular weight is 525 g/mol. The molecular weight excluding hydrogens is 493 g/mol. The Balaban J connectivity index is 1.16. The fourth-order valence-corrected chi connectivity index (χ4v) is 4.63. The first-order chi connectivity index (χ1) is 17.7. The number of aromatic nitrogens is 1. The number of nitrogens with zero attached hydrogens (tertiary/aromatic N) is 3. The molecule has 9 nitrogen and oxygen atoms in total.